The van der Waals surface area contributed by atoms with Crippen LogP contribution in [-0.4, -0.2) is 14.2 Å². The maximum absolute atomic E-state index is 5.13. The number of hydrogen-bond donors (Lipinski definition) is 1. The zero-order valence-corrected chi connectivity index (χ0v) is 11.1. The molecular weight excluding hydrogens is 186 g/mol. The zero-order chi connectivity index (χ0) is 12.3. The first-order chi connectivity index (χ1) is 7.27. The lowest BCUT2D eigenvalue weighted by molar-refractivity contribution is 0.416. The predicted molar refractivity (Wildman–Crippen MR) is 70.0 cm³/mol. The number of aryl methyl sites for hydroxylation is 1. The fraction of sp³-hybridized carbons (Fsp3) is 0.538. The van der Waals surface area contributed by atoms with Gasteiger partial charge >= 0.3 is 0 Å². The number of hydrogen-bond acceptors (Lipinski definition) is 2. The van der Waals surface area contributed by atoms with Gasteiger partial charge in [0, 0.05) is 7.05 Å². The van der Waals surface area contributed by atoms with Crippen LogP contribution in [0.5, 0.6) is 5.75 Å². The molecule has 2 heteroatoms. The second kappa shape index (κ2) is 10.9. The van der Waals surface area contributed by atoms with Crippen LogP contribution in [0, 0.1) is 6.92 Å². The van der Waals surface area contributed by atoms with Crippen LogP contribution in [0.25, 0.3) is 0 Å². The van der Waals surface area contributed by atoms with E-state index in [1.165, 1.54) is 5.56 Å². The average Bonchev–Trinajstić information content (AvgIpc) is 2.34. The molecule has 0 atom stereocenters. The zero-order valence-electron chi connectivity index (χ0n) is 11.1. The predicted octanol–water partition coefficient (Wildman–Crippen LogP) is 4.10. The van der Waals surface area contributed by atoms with Crippen LogP contribution >= 0.6 is 0 Å². The maximum Gasteiger partial charge on any atom is 0.141 e. The Labute approximate surface area is 94.7 Å². The summed E-state index contributed by atoms with van der Waals surface area (Å²) < 4.78 is 5.13. The molecule has 0 unspecified atom stereocenters. The highest BCUT2D eigenvalue weighted by molar-refractivity contribution is 5.57. The molecule has 0 spiro atoms. The Balaban J connectivity index is 0. The van der Waals surface area contributed by atoms with E-state index in [2.05, 4.69) is 18.3 Å². The van der Waals surface area contributed by atoms with Crippen LogP contribution in [0.1, 0.15) is 33.3 Å². The van der Waals surface area contributed by atoms with E-state index >= 15 is 0 Å². The van der Waals surface area contributed by atoms with Gasteiger partial charge in [-0.15, -0.1) is 0 Å². The summed E-state index contributed by atoms with van der Waals surface area (Å²) in [6, 6.07) is 6.04. The quantitative estimate of drug-likeness (QED) is 0.795. The van der Waals surface area contributed by atoms with Crippen LogP contribution in [0.4, 0.5) is 5.69 Å². The van der Waals surface area contributed by atoms with Gasteiger partial charge in [0.2, 0.25) is 0 Å². The van der Waals surface area contributed by atoms with Crippen LogP contribution in [0.3, 0.4) is 0 Å². The lowest BCUT2D eigenvalue weighted by atomic mass is 10.2. The van der Waals surface area contributed by atoms with Crippen molar-refractivity contribution in [2.75, 3.05) is 19.5 Å². The van der Waals surface area contributed by atoms with Gasteiger partial charge in [0.15, 0.2) is 0 Å². The number of rotatable bonds is 2. The van der Waals surface area contributed by atoms with Crippen molar-refractivity contribution in [1.29, 1.82) is 0 Å². The average molecular weight is 211 g/mol. The molecule has 0 aliphatic rings. The van der Waals surface area contributed by atoms with Crippen molar-refractivity contribution in [2.24, 2.45) is 0 Å². The van der Waals surface area contributed by atoms with Gasteiger partial charge in [-0.25, -0.2) is 0 Å². The van der Waals surface area contributed by atoms with Gasteiger partial charge in [-0.3, -0.25) is 0 Å². The molecule has 1 aromatic rings. The van der Waals surface area contributed by atoms with E-state index in [0.29, 0.717) is 0 Å². The molecule has 0 radical (unpaired) electrons. The largest absolute Gasteiger partial charge is 0.495 e. The van der Waals surface area contributed by atoms with Crippen LogP contribution < -0.4 is 10.1 Å². The number of ether oxygens (including phenoxy) is 1. The summed E-state index contributed by atoms with van der Waals surface area (Å²) in [5.41, 5.74) is 2.27. The molecule has 0 aliphatic heterocycles. The van der Waals surface area contributed by atoms with Crippen molar-refractivity contribution < 1.29 is 4.74 Å². The smallest absolute Gasteiger partial charge is 0.141 e. The Morgan fingerprint density at radius 3 is 2.00 bits per heavy atom. The highest BCUT2D eigenvalue weighted by Gasteiger charge is 1.98. The third kappa shape index (κ3) is 6.00. The second-order valence-electron chi connectivity index (χ2n) is 2.45. The Bertz CT molecular complexity index is 246. The summed E-state index contributed by atoms with van der Waals surface area (Å²) in [7, 11) is 3.56. The van der Waals surface area contributed by atoms with E-state index in [4.69, 9.17) is 4.74 Å². The first-order valence-corrected chi connectivity index (χ1v) is 5.60. The minimum atomic E-state index is 0.887. The topological polar surface area (TPSA) is 21.3 Å². The van der Waals surface area contributed by atoms with Crippen molar-refractivity contribution in [3.63, 3.8) is 0 Å². The maximum atomic E-state index is 5.13. The van der Waals surface area contributed by atoms with Gasteiger partial charge in [0.1, 0.15) is 5.75 Å². The fourth-order valence-corrected chi connectivity index (χ4v) is 1.02. The molecule has 2 nitrogen and oxygen atoms in total. The van der Waals surface area contributed by atoms with Crippen molar-refractivity contribution >= 4 is 5.69 Å². The van der Waals surface area contributed by atoms with Gasteiger partial charge in [0.05, 0.1) is 12.8 Å². The molecule has 0 saturated carbocycles. The summed E-state index contributed by atoms with van der Waals surface area (Å²) in [5.74, 6) is 0.887. The van der Waals surface area contributed by atoms with Crippen LogP contribution in [-0.2, 0) is 0 Å². The fourth-order valence-electron chi connectivity index (χ4n) is 1.02. The second-order valence-corrected chi connectivity index (χ2v) is 2.45. The Morgan fingerprint density at radius 1 is 1.07 bits per heavy atom. The molecule has 0 aliphatic carbocycles. The number of methoxy groups -OCH3 is 1. The highest BCUT2D eigenvalue weighted by atomic mass is 16.5. The lowest BCUT2D eigenvalue weighted by Crippen LogP contribution is -1.93. The monoisotopic (exact) mass is 211 g/mol. The van der Waals surface area contributed by atoms with E-state index in [1.807, 2.05) is 46.9 Å². The lowest BCUT2D eigenvalue weighted by Gasteiger charge is -2.07. The van der Waals surface area contributed by atoms with Crippen molar-refractivity contribution in [3.05, 3.63) is 23.8 Å². The summed E-state index contributed by atoms with van der Waals surface area (Å²) in [6.07, 6.45) is 0. The van der Waals surface area contributed by atoms with E-state index < -0.39 is 0 Å². The molecular formula is C13H25NO. The summed E-state index contributed by atoms with van der Waals surface area (Å²) in [5, 5.41) is 3.06. The molecule has 0 saturated heterocycles. The van der Waals surface area contributed by atoms with Gasteiger partial charge < -0.3 is 10.1 Å². The molecule has 0 amide bonds. The third-order valence-corrected chi connectivity index (χ3v) is 1.62. The van der Waals surface area contributed by atoms with Gasteiger partial charge in [-0.2, -0.15) is 0 Å². The van der Waals surface area contributed by atoms with E-state index in [-0.39, 0.29) is 0 Å². The van der Waals surface area contributed by atoms with Crippen LogP contribution in [0.15, 0.2) is 18.2 Å². The van der Waals surface area contributed by atoms with Crippen molar-refractivity contribution in [2.45, 2.75) is 34.6 Å². The van der Waals surface area contributed by atoms with Crippen molar-refractivity contribution in [3.8, 4) is 5.75 Å². The number of nitrogens with one attached hydrogen (secondary N) is 1. The van der Waals surface area contributed by atoms with E-state index in [9.17, 15) is 0 Å². The van der Waals surface area contributed by atoms with Crippen molar-refractivity contribution in [1.82, 2.24) is 0 Å². The minimum Gasteiger partial charge on any atom is -0.495 e. The van der Waals surface area contributed by atoms with Gasteiger partial charge in [-0.1, -0.05) is 33.8 Å². The first kappa shape index (κ1) is 16.3. The summed E-state index contributed by atoms with van der Waals surface area (Å²) >= 11 is 0. The minimum absolute atomic E-state index is 0.887. The van der Waals surface area contributed by atoms with Gasteiger partial charge in [-0.05, 0) is 24.6 Å². The number of anilines is 1. The Hall–Kier alpha value is -1.18. The molecule has 1 rings (SSSR count). The summed E-state index contributed by atoms with van der Waals surface area (Å²) in [4.78, 5) is 0. The van der Waals surface area contributed by atoms with Crippen LogP contribution in [0.2, 0.25) is 0 Å². The highest BCUT2D eigenvalue weighted by Crippen LogP contribution is 2.23. The summed E-state index contributed by atoms with van der Waals surface area (Å²) in [6.45, 7) is 10.1. The van der Waals surface area contributed by atoms with E-state index in [1.54, 1.807) is 7.11 Å². The molecule has 1 aromatic carbocycles. The molecule has 0 heterocycles. The Kier molecular flexibility index (Phi) is 11.8. The molecule has 15 heavy (non-hydrogen) atoms. The molecule has 0 aromatic heterocycles. The molecule has 0 bridgehead atoms. The number of benzene rings is 1. The van der Waals surface area contributed by atoms with E-state index in [0.717, 1.165) is 11.4 Å². The third-order valence-electron chi connectivity index (χ3n) is 1.62. The van der Waals surface area contributed by atoms with Gasteiger partial charge in [0.25, 0.3) is 0 Å². The Morgan fingerprint density at radius 2 is 1.60 bits per heavy atom. The normalized spacial score (nSPS) is 7.67. The molecule has 88 valence electrons. The standard InChI is InChI=1S/C9H13NO.2C2H6/c1-7-4-5-9(11-3)8(6-7)10-2;2*1-2/h4-6,10H,1-3H3;2*1-2H3. The first-order valence-electron chi connectivity index (χ1n) is 5.60. The molecule has 1 N–H and O–H groups in total. The molecule has 0 fully saturated rings. The SMILES string of the molecule is CC.CC.CNc1cc(C)ccc1OC.